The third-order valence-corrected chi connectivity index (χ3v) is 5.98. The van der Waals surface area contributed by atoms with E-state index in [1.807, 2.05) is 12.1 Å². The highest BCUT2D eigenvalue weighted by Gasteiger charge is 2.45. The Morgan fingerprint density at radius 3 is 2.83 bits per heavy atom. The molecule has 3 fully saturated rings. The second-order valence-corrected chi connectivity index (χ2v) is 7.89. The Morgan fingerprint density at radius 1 is 1.25 bits per heavy atom. The summed E-state index contributed by atoms with van der Waals surface area (Å²) in [7, 11) is 0. The number of hydrogen-bond acceptors (Lipinski definition) is 3. The van der Waals surface area contributed by atoms with Crippen molar-refractivity contribution in [3.05, 3.63) is 34.9 Å². The number of amides is 1. The third-order valence-electron chi connectivity index (χ3n) is 5.73. The lowest BCUT2D eigenvalue weighted by molar-refractivity contribution is -0.137. The van der Waals surface area contributed by atoms with Crippen LogP contribution in [-0.2, 0) is 16.1 Å². The quantitative estimate of drug-likeness (QED) is 0.841. The summed E-state index contributed by atoms with van der Waals surface area (Å²) in [5.41, 5.74) is 1.23. The fourth-order valence-electron chi connectivity index (χ4n) is 4.52. The minimum atomic E-state index is -0.0573. The van der Waals surface area contributed by atoms with Crippen molar-refractivity contribution >= 4 is 17.5 Å². The molecule has 1 aromatic carbocycles. The van der Waals surface area contributed by atoms with E-state index in [0.717, 1.165) is 69.9 Å². The Labute approximate surface area is 148 Å². The van der Waals surface area contributed by atoms with Crippen LogP contribution in [0, 0.1) is 0 Å². The molecule has 0 radical (unpaired) electrons. The van der Waals surface area contributed by atoms with Gasteiger partial charge in [-0.05, 0) is 43.4 Å². The second kappa shape index (κ2) is 6.66. The SMILES string of the molecule is O=C1CCCN1[C@@H]1CCO[C@]2(CCN(Cc3ccc(Cl)cc3)C2)C1. The van der Waals surface area contributed by atoms with E-state index in [4.69, 9.17) is 16.3 Å². The van der Waals surface area contributed by atoms with Crippen molar-refractivity contribution < 1.29 is 9.53 Å². The molecule has 3 aliphatic rings. The van der Waals surface area contributed by atoms with Crippen LogP contribution >= 0.6 is 11.6 Å². The zero-order valence-electron chi connectivity index (χ0n) is 14.0. The molecule has 5 heteroatoms. The Balaban J connectivity index is 1.39. The lowest BCUT2D eigenvalue weighted by Crippen LogP contribution is -2.50. The van der Waals surface area contributed by atoms with Crippen LogP contribution in [0.1, 0.15) is 37.7 Å². The van der Waals surface area contributed by atoms with Crippen LogP contribution in [0.5, 0.6) is 0 Å². The van der Waals surface area contributed by atoms with E-state index in [-0.39, 0.29) is 5.60 Å². The molecule has 4 rings (SSSR count). The molecule has 130 valence electrons. The standard InChI is InChI=1S/C19H25ClN2O2/c20-16-5-3-15(4-6-16)13-21-10-8-19(14-21)12-17(7-11-24-19)22-9-1-2-18(22)23/h3-6,17H,1-2,7-14H2/t17-,19-/m1/s1. The molecular weight excluding hydrogens is 324 g/mol. The average Bonchev–Trinajstić information content (AvgIpc) is 3.17. The van der Waals surface area contributed by atoms with Crippen LogP contribution in [0.15, 0.2) is 24.3 Å². The molecule has 3 aliphatic heterocycles. The first-order chi connectivity index (χ1) is 11.6. The van der Waals surface area contributed by atoms with Crippen LogP contribution in [-0.4, -0.2) is 53.6 Å². The largest absolute Gasteiger partial charge is 0.373 e. The van der Waals surface area contributed by atoms with Crippen LogP contribution in [0.25, 0.3) is 0 Å². The summed E-state index contributed by atoms with van der Waals surface area (Å²) >= 11 is 5.97. The molecule has 3 heterocycles. The first kappa shape index (κ1) is 16.4. The Bertz CT molecular complexity index is 606. The van der Waals surface area contributed by atoms with Crippen LogP contribution in [0.2, 0.25) is 5.02 Å². The van der Waals surface area contributed by atoms with Gasteiger partial charge in [0.15, 0.2) is 0 Å². The minimum absolute atomic E-state index is 0.0573. The van der Waals surface area contributed by atoms with Gasteiger partial charge in [0.2, 0.25) is 5.91 Å². The average molecular weight is 349 g/mol. The molecule has 0 bridgehead atoms. The lowest BCUT2D eigenvalue weighted by atomic mass is 9.89. The van der Waals surface area contributed by atoms with Gasteiger partial charge in [-0.2, -0.15) is 0 Å². The van der Waals surface area contributed by atoms with Gasteiger partial charge in [-0.1, -0.05) is 23.7 Å². The van der Waals surface area contributed by atoms with Gasteiger partial charge in [-0.15, -0.1) is 0 Å². The van der Waals surface area contributed by atoms with Gasteiger partial charge >= 0.3 is 0 Å². The van der Waals surface area contributed by atoms with Crippen molar-refractivity contribution in [2.24, 2.45) is 0 Å². The maximum absolute atomic E-state index is 12.1. The molecule has 1 spiro atoms. The molecular formula is C19H25ClN2O2. The van der Waals surface area contributed by atoms with Crippen LogP contribution < -0.4 is 0 Å². The van der Waals surface area contributed by atoms with E-state index in [0.29, 0.717) is 11.9 Å². The van der Waals surface area contributed by atoms with Gasteiger partial charge in [0, 0.05) is 50.3 Å². The third kappa shape index (κ3) is 3.32. The van der Waals surface area contributed by atoms with Gasteiger partial charge in [0.25, 0.3) is 0 Å². The van der Waals surface area contributed by atoms with Crippen molar-refractivity contribution in [3.63, 3.8) is 0 Å². The molecule has 0 aliphatic carbocycles. The summed E-state index contributed by atoms with van der Waals surface area (Å²) < 4.78 is 6.24. The van der Waals surface area contributed by atoms with E-state index in [9.17, 15) is 4.79 Å². The maximum Gasteiger partial charge on any atom is 0.222 e. The Morgan fingerprint density at radius 2 is 2.08 bits per heavy atom. The number of benzene rings is 1. The zero-order valence-corrected chi connectivity index (χ0v) is 14.8. The summed E-state index contributed by atoms with van der Waals surface area (Å²) in [4.78, 5) is 16.7. The number of nitrogens with zero attached hydrogens (tertiary/aromatic N) is 2. The fraction of sp³-hybridized carbons (Fsp3) is 0.632. The predicted molar refractivity (Wildman–Crippen MR) is 94.0 cm³/mol. The number of halogens is 1. The summed E-state index contributed by atoms with van der Waals surface area (Å²) in [5, 5.41) is 0.783. The van der Waals surface area contributed by atoms with Crippen molar-refractivity contribution in [3.8, 4) is 0 Å². The van der Waals surface area contributed by atoms with Gasteiger partial charge < -0.3 is 9.64 Å². The van der Waals surface area contributed by atoms with Crippen molar-refractivity contribution in [2.75, 3.05) is 26.2 Å². The fourth-order valence-corrected chi connectivity index (χ4v) is 4.64. The number of carbonyl (C=O) groups excluding carboxylic acids is 1. The van der Waals surface area contributed by atoms with Gasteiger partial charge in [-0.3, -0.25) is 9.69 Å². The number of carbonyl (C=O) groups is 1. The zero-order chi connectivity index (χ0) is 16.6. The maximum atomic E-state index is 12.1. The van der Waals surface area contributed by atoms with Crippen molar-refractivity contribution in [1.29, 1.82) is 0 Å². The van der Waals surface area contributed by atoms with Crippen LogP contribution in [0.4, 0.5) is 0 Å². The monoisotopic (exact) mass is 348 g/mol. The van der Waals surface area contributed by atoms with E-state index in [2.05, 4.69) is 21.9 Å². The molecule has 1 amide bonds. The summed E-state index contributed by atoms with van der Waals surface area (Å²) in [6, 6.07) is 8.48. The summed E-state index contributed by atoms with van der Waals surface area (Å²) in [5.74, 6) is 0.341. The molecule has 0 unspecified atom stereocenters. The van der Waals surface area contributed by atoms with Crippen LogP contribution in [0.3, 0.4) is 0 Å². The van der Waals surface area contributed by atoms with Crippen molar-refractivity contribution in [1.82, 2.24) is 9.80 Å². The molecule has 4 nitrogen and oxygen atoms in total. The number of ether oxygens (including phenoxy) is 1. The molecule has 1 aromatic rings. The molecule has 0 saturated carbocycles. The minimum Gasteiger partial charge on any atom is -0.373 e. The number of hydrogen-bond donors (Lipinski definition) is 0. The molecule has 0 N–H and O–H groups in total. The molecule has 2 atom stereocenters. The van der Waals surface area contributed by atoms with Crippen molar-refractivity contribution in [2.45, 2.75) is 50.3 Å². The first-order valence-corrected chi connectivity index (χ1v) is 9.42. The highest BCUT2D eigenvalue weighted by molar-refractivity contribution is 6.30. The predicted octanol–water partition coefficient (Wildman–Crippen LogP) is 3.09. The Hall–Kier alpha value is -1.10. The smallest absolute Gasteiger partial charge is 0.222 e. The lowest BCUT2D eigenvalue weighted by Gasteiger charge is -2.41. The number of likely N-dealkylation sites (tertiary alicyclic amines) is 2. The Kier molecular flexibility index (Phi) is 4.54. The van der Waals surface area contributed by atoms with E-state index < -0.39 is 0 Å². The van der Waals surface area contributed by atoms with Gasteiger partial charge in [0.05, 0.1) is 5.60 Å². The van der Waals surface area contributed by atoms with E-state index >= 15 is 0 Å². The van der Waals surface area contributed by atoms with E-state index in [1.165, 1.54) is 5.56 Å². The second-order valence-electron chi connectivity index (χ2n) is 7.46. The molecule has 3 saturated heterocycles. The normalized spacial score (nSPS) is 31.3. The van der Waals surface area contributed by atoms with E-state index in [1.54, 1.807) is 0 Å². The molecule has 0 aromatic heterocycles. The highest BCUT2D eigenvalue weighted by Crippen LogP contribution is 2.37. The van der Waals surface area contributed by atoms with Gasteiger partial charge in [-0.25, -0.2) is 0 Å². The highest BCUT2D eigenvalue weighted by atomic mass is 35.5. The summed E-state index contributed by atoms with van der Waals surface area (Å²) in [6.45, 7) is 4.68. The topological polar surface area (TPSA) is 32.8 Å². The summed E-state index contributed by atoms with van der Waals surface area (Å²) in [6.07, 6.45) is 4.80. The first-order valence-electron chi connectivity index (χ1n) is 9.04. The molecule has 24 heavy (non-hydrogen) atoms. The van der Waals surface area contributed by atoms with Gasteiger partial charge in [0.1, 0.15) is 0 Å². The number of rotatable bonds is 3.